The van der Waals surface area contributed by atoms with Crippen LogP contribution in [-0.2, 0) is 4.74 Å². The molecule has 1 aromatic heterocycles. The normalized spacial score (nSPS) is 11.5. The Hall–Kier alpha value is -2.44. The molecule has 0 spiro atoms. The third-order valence-corrected chi connectivity index (χ3v) is 2.51. The summed E-state index contributed by atoms with van der Waals surface area (Å²) in [6.07, 6.45) is -0.864. The highest BCUT2D eigenvalue weighted by Gasteiger charge is 2.24. The Kier molecular flexibility index (Phi) is 3.67. The zero-order valence-corrected chi connectivity index (χ0v) is 11.9. The molecule has 0 fully saturated rings. The molecule has 0 saturated heterocycles. The van der Waals surface area contributed by atoms with Crippen molar-refractivity contribution in [1.82, 2.24) is 9.78 Å². The van der Waals surface area contributed by atoms with E-state index in [-0.39, 0.29) is 17.1 Å². The highest BCUT2D eigenvalue weighted by Crippen LogP contribution is 2.28. The van der Waals surface area contributed by atoms with E-state index in [1.807, 2.05) is 0 Å². The number of nitrogens with zero attached hydrogens (tertiary/aromatic N) is 2. The van der Waals surface area contributed by atoms with Crippen LogP contribution in [0.1, 0.15) is 20.8 Å². The summed E-state index contributed by atoms with van der Waals surface area (Å²) in [6.45, 7) is 5.00. The van der Waals surface area contributed by atoms with Crippen LogP contribution in [0.3, 0.4) is 0 Å². The van der Waals surface area contributed by atoms with Crippen molar-refractivity contribution in [2.75, 3.05) is 5.73 Å². The number of aromatic nitrogens is 2. The number of anilines is 1. The SMILES string of the molecule is CC(C)(C)OC(=O)n1nc(N)cc1-c1c(F)cccc1F. The Balaban J connectivity index is 2.54. The Bertz CT molecular complexity index is 670. The first-order valence-electron chi connectivity index (χ1n) is 6.22. The molecule has 5 nitrogen and oxygen atoms in total. The first kappa shape index (κ1) is 15.0. The van der Waals surface area contributed by atoms with Gasteiger partial charge in [-0.2, -0.15) is 4.68 Å². The second-order valence-corrected chi connectivity index (χ2v) is 5.44. The van der Waals surface area contributed by atoms with Gasteiger partial charge >= 0.3 is 6.09 Å². The lowest BCUT2D eigenvalue weighted by molar-refractivity contribution is 0.0518. The number of hydrogen-bond acceptors (Lipinski definition) is 4. The Labute approximate surface area is 120 Å². The number of nitrogens with two attached hydrogens (primary N) is 1. The maximum atomic E-state index is 13.9. The minimum atomic E-state index is -0.864. The molecule has 2 aromatic rings. The Morgan fingerprint density at radius 1 is 1.29 bits per heavy atom. The van der Waals surface area contributed by atoms with E-state index in [0.717, 1.165) is 16.8 Å². The third kappa shape index (κ3) is 3.18. The van der Waals surface area contributed by atoms with Gasteiger partial charge in [0.25, 0.3) is 0 Å². The highest BCUT2D eigenvalue weighted by molar-refractivity contribution is 5.79. The summed E-state index contributed by atoms with van der Waals surface area (Å²) in [5, 5.41) is 3.74. The number of halogens is 2. The van der Waals surface area contributed by atoms with E-state index in [1.165, 1.54) is 12.1 Å². The number of hydrogen-bond donors (Lipinski definition) is 1. The molecule has 1 aromatic carbocycles. The number of carbonyl (C=O) groups is 1. The van der Waals surface area contributed by atoms with E-state index in [1.54, 1.807) is 20.8 Å². The molecule has 0 unspecified atom stereocenters. The average Bonchev–Trinajstić information content (AvgIpc) is 2.69. The van der Waals surface area contributed by atoms with Gasteiger partial charge < -0.3 is 10.5 Å². The quantitative estimate of drug-likeness (QED) is 0.877. The number of nitrogen functional groups attached to an aromatic ring is 1. The molecule has 1 heterocycles. The van der Waals surface area contributed by atoms with Crippen molar-refractivity contribution in [1.29, 1.82) is 0 Å². The summed E-state index contributed by atoms with van der Waals surface area (Å²) in [5.74, 6) is -1.68. The summed E-state index contributed by atoms with van der Waals surface area (Å²) in [5.41, 5.74) is 4.28. The van der Waals surface area contributed by atoms with Crippen molar-refractivity contribution in [2.24, 2.45) is 0 Å². The maximum Gasteiger partial charge on any atom is 0.435 e. The second kappa shape index (κ2) is 5.16. The minimum Gasteiger partial charge on any atom is -0.442 e. The average molecular weight is 295 g/mol. The van der Waals surface area contributed by atoms with E-state index >= 15 is 0 Å². The van der Waals surface area contributed by atoms with Gasteiger partial charge in [-0.15, -0.1) is 5.10 Å². The molecule has 7 heteroatoms. The monoisotopic (exact) mass is 295 g/mol. The lowest BCUT2D eigenvalue weighted by Crippen LogP contribution is -2.28. The van der Waals surface area contributed by atoms with E-state index in [9.17, 15) is 13.6 Å². The zero-order valence-electron chi connectivity index (χ0n) is 11.9. The van der Waals surface area contributed by atoms with Gasteiger partial charge in [0.15, 0.2) is 0 Å². The van der Waals surface area contributed by atoms with Gasteiger partial charge in [-0.3, -0.25) is 0 Å². The van der Waals surface area contributed by atoms with Gasteiger partial charge in [-0.25, -0.2) is 13.6 Å². The van der Waals surface area contributed by atoms with E-state index < -0.39 is 23.3 Å². The van der Waals surface area contributed by atoms with Crippen molar-refractivity contribution in [2.45, 2.75) is 26.4 Å². The first-order chi connectivity index (χ1) is 9.69. The molecule has 0 aliphatic heterocycles. The third-order valence-electron chi connectivity index (χ3n) is 2.51. The fourth-order valence-electron chi connectivity index (χ4n) is 1.76. The second-order valence-electron chi connectivity index (χ2n) is 5.44. The molecular weight excluding hydrogens is 280 g/mol. The fraction of sp³-hybridized carbons (Fsp3) is 0.286. The number of benzene rings is 1. The smallest absolute Gasteiger partial charge is 0.435 e. The lowest BCUT2D eigenvalue weighted by Gasteiger charge is -2.19. The summed E-state index contributed by atoms with van der Waals surface area (Å²) in [6, 6.07) is 4.61. The predicted octanol–water partition coefficient (Wildman–Crippen LogP) is 3.19. The molecule has 0 amide bonds. The van der Waals surface area contributed by atoms with Crippen molar-refractivity contribution in [3.63, 3.8) is 0 Å². The molecule has 21 heavy (non-hydrogen) atoms. The molecule has 112 valence electrons. The van der Waals surface area contributed by atoms with Gasteiger partial charge in [-0.05, 0) is 32.9 Å². The number of carbonyl (C=O) groups excluding carboxylic acids is 1. The van der Waals surface area contributed by atoms with Gasteiger partial charge in [0.05, 0.1) is 11.3 Å². The van der Waals surface area contributed by atoms with Gasteiger partial charge in [-0.1, -0.05) is 6.07 Å². The molecule has 0 radical (unpaired) electrons. The molecule has 0 aliphatic carbocycles. The minimum absolute atomic E-state index is 0.0430. The van der Waals surface area contributed by atoms with Crippen LogP contribution in [0, 0.1) is 11.6 Å². The molecular formula is C14H15F2N3O2. The highest BCUT2D eigenvalue weighted by atomic mass is 19.1. The van der Waals surface area contributed by atoms with Gasteiger partial charge in [0.2, 0.25) is 0 Å². The van der Waals surface area contributed by atoms with Crippen LogP contribution >= 0.6 is 0 Å². The van der Waals surface area contributed by atoms with Crippen molar-refractivity contribution in [3.8, 4) is 11.3 Å². The molecule has 0 saturated carbocycles. The molecule has 0 aliphatic rings. The van der Waals surface area contributed by atoms with Crippen LogP contribution in [0.15, 0.2) is 24.3 Å². The Morgan fingerprint density at radius 3 is 2.38 bits per heavy atom. The standard InChI is InChI=1S/C14H15F2N3O2/c1-14(2,3)21-13(20)19-10(7-11(17)18-19)12-8(15)5-4-6-9(12)16/h4-7H,1-3H3,(H2,17,18). The lowest BCUT2D eigenvalue weighted by atomic mass is 10.1. The first-order valence-corrected chi connectivity index (χ1v) is 6.22. The summed E-state index contributed by atoms with van der Waals surface area (Å²) >= 11 is 0. The Morgan fingerprint density at radius 2 is 1.86 bits per heavy atom. The van der Waals surface area contributed by atoms with Crippen LogP contribution in [0.4, 0.5) is 19.4 Å². The van der Waals surface area contributed by atoms with E-state index in [0.29, 0.717) is 0 Å². The topological polar surface area (TPSA) is 70.1 Å². The number of ether oxygens (including phenoxy) is 1. The van der Waals surface area contributed by atoms with Crippen LogP contribution in [0.2, 0.25) is 0 Å². The number of rotatable bonds is 1. The van der Waals surface area contributed by atoms with Gasteiger partial charge in [0.1, 0.15) is 23.1 Å². The summed E-state index contributed by atoms with van der Waals surface area (Å²) < 4.78 is 33.6. The molecule has 0 bridgehead atoms. The summed E-state index contributed by atoms with van der Waals surface area (Å²) in [4.78, 5) is 12.1. The van der Waals surface area contributed by atoms with Crippen molar-refractivity contribution < 1.29 is 18.3 Å². The maximum absolute atomic E-state index is 13.9. The van der Waals surface area contributed by atoms with E-state index in [4.69, 9.17) is 10.5 Å². The van der Waals surface area contributed by atoms with Crippen LogP contribution in [0.5, 0.6) is 0 Å². The van der Waals surface area contributed by atoms with Crippen LogP contribution in [-0.4, -0.2) is 21.5 Å². The summed E-state index contributed by atoms with van der Waals surface area (Å²) in [7, 11) is 0. The zero-order chi connectivity index (χ0) is 15.8. The molecule has 0 atom stereocenters. The van der Waals surface area contributed by atoms with Crippen molar-refractivity contribution >= 4 is 11.9 Å². The van der Waals surface area contributed by atoms with Crippen LogP contribution in [0.25, 0.3) is 11.3 Å². The van der Waals surface area contributed by atoms with Gasteiger partial charge in [0, 0.05) is 6.07 Å². The van der Waals surface area contributed by atoms with Crippen LogP contribution < -0.4 is 5.73 Å². The molecule has 2 N–H and O–H groups in total. The predicted molar refractivity (Wildman–Crippen MR) is 73.6 cm³/mol. The molecule has 2 rings (SSSR count). The largest absolute Gasteiger partial charge is 0.442 e. The van der Waals surface area contributed by atoms with Crippen molar-refractivity contribution in [3.05, 3.63) is 35.9 Å². The van der Waals surface area contributed by atoms with E-state index in [2.05, 4.69) is 5.10 Å². The fourth-order valence-corrected chi connectivity index (χ4v) is 1.76.